The summed E-state index contributed by atoms with van der Waals surface area (Å²) in [5, 5.41) is 8.46. The Morgan fingerprint density at radius 1 is 0.929 bits per heavy atom. The predicted octanol–water partition coefficient (Wildman–Crippen LogP) is 4.81. The van der Waals surface area contributed by atoms with E-state index in [9.17, 15) is 0 Å². The zero-order valence-corrected chi connectivity index (χ0v) is 14.9. The van der Waals surface area contributed by atoms with E-state index in [0.29, 0.717) is 16.8 Å². The van der Waals surface area contributed by atoms with Crippen LogP contribution < -0.4 is 0 Å². The molecular weight excluding hydrogens is 378 g/mol. The van der Waals surface area contributed by atoms with Crippen molar-refractivity contribution in [1.82, 2.24) is 25.3 Å². The van der Waals surface area contributed by atoms with Crippen LogP contribution in [0.25, 0.3) is 55.1 Å². The number of hydrogen-bond acceptors (Lipinski definition) is 9. The number of hydrogen-bond donors (Lipinski definition) is 0. The Balaban J connectivity index is 1.53. The largest absolute Gasteiger partial charge is 0.442 e. The molecule has 0 radical (unpaired) electrons. The number of nitrogens with zero attached hydrogens (tertiary/aromatic N) is 5. The first kappa shape index (κ1) is 15.2. The van der Waals surface area contributed by atoms with Crippen molar-refractivity contribution in [3.8, 4) is 33.8 Å². The van der Waals surface area contributed by atoms with Gasteiger partial charge in [0.25, 0.3) is 17.5 Å². The topological polar surface area (TPSA) is 104 Å². The fourth-order valence-corrected chi connectivity index (χ4v) is 4.01. The molecule has 0 aliphatic heterocycles. The Labute approximate surface area is 160 Å². The highest BCUT2D eigenvalue weighted by Gasteiger charge is 2.24. The molecule has 0 aliphatic rings. The van der Waals surface area contributed by atoms with Gasteiger partial charge in [0.05, 0.1) is 16.4 Å². The number of para-hydroxylation sites is 2. The number of rotatable bonds is 3. The standard InChI is InChI=1S/C19H9N5O3S/c1-2-7-13-11(5-1)21-19(28-13)10-4-3-6-12-14(10)22-17(26-12)15-16(27-24-23-15)18-20-8-9-25-18/h1-9H. The lowest BCUT2D eigenvalue weighted by Crippen LogP contribution is -1.83. The molecule has 0 N–H and O–H groups in total. The van der Waals surface area contributed by atoms with E-state index in [0.717, 1.165) is 20.8 Å². The van der Waals surface area contributed by atoms with Crippen molar-refractivity contribution >= 4 is 32.7 Å². The molecule has 4 heterocycles. The minimum Gasteiger partial charge on any atom is -0.442 e. The molecule has 0 saturated heterocycles. The van der Waals surface area contributed by atoms with Gasteiger partial charge in [-0.2, -0.15) is 0 Å². The number of benzene rings is 2. The van der Waals surface area contributed by atoms with Crippen LogP contribution in [0.2, 0.25) is 0 Å². The maximum absolute atomic E-state index is 5.92. The van der Waals surface area contributed by atoms with Gasteiger partial charge in [0.1, 0.15) is 16.8 Å². The van der Waals surface area contributed by atoms with Gasteiger partial charge in [-0.05, 0) is 24.3 Å². The molecule has 6 aromatic rings. The Morgan fingerprint density at radius 2 is 1.89 bits per heavy atom. The highest BCUT2D eigenvalue weighted by Crippen LogP contribution is 2.37. The Bertz CT molecular complexity index is 1400. The van der Waals surface area contributed by atoms with Crippen molar-refractivity contribution in [3.63, 3.8) is 0 Å². The van der Waals surface area contributed by atoms with Gasteiger partial charge in [0, 0.05) is 10.8 Å². The maximum atomic E-state index is 5.92. The predicted molar refractivity (Wildman–Crippen MR) is 101 cm³/mol. The lowest BCUT2D eigenvalue weighted by atomic mass is 10.2. The second-order valence-electron chi connectivity index (χ2n) is 5.95. The number of aromatic nitrogens is 5. The Kier molecular flexibility index (Phi) is 3.17. The highest BCUT2D eigenvalue weighted by atomic mass is 32.1. The molecule has 6 rings (SSSR count). The second-order valence-corrected chi connectivity index (χ2v) is 6.98. The van der Waals surface area contributed by atoms with Crippen LogP contribution in [0.4, 0.5) is 0 Å². The van der Waals surface area contributed by atoms with Crippen molar-refractivity contribution in [2.24, 2.45) is 0 Å². The third-order valence-electron chi connectivity index (χ3n) is 4.26. The van der Waals surface area contributed by atoms with Crippen molar-refractivity contribution in [2.75, 3.05) is 0 Å². The molecule has 134 valence electrons. The second kappa shape index (κ2) is 5.83. The molecule has 0 bridgehead atoms. The van der Waals surface area contributed by atoms with Crippen molar-refractivity contribution in [2.45, 2.75) is 0 Å². The molecule has 0 unspecified atom stereocenters. The molecule has 4 aromatic heterocycles. The van der Waals surface area contributed by atoms with Gasteiger partial charge in [-0.1, -0.05) is 18.2 Å². The third kappa shape index (κ3) is 2.26. The van der Waals surface area contributed by atoms with Crippen LogP contribution in [0.3, 0.4) is 0 Å². The molecule has 0 fully saturated rings. The van der Waals surface area contributed by atoms with Gasteiger partial charge in [-0.15, -0.1) is 16.4 Å². The molecule has 2 aromatic carbocycles. The minimum absolute atomic E-state index is 0.258. The lowest BCUT2D eigenvalue weighted by Gasteiger charge is -1.95. The van der Waals surface area contributed by atoms with Gasteiger partial charge in [0.15, 0.2) is 5.58 Å². The van der Waals surface area contributed by atoms with Gasteiger partial charge in [-0.3, -0.25) is 0 Å². The molecule has 9 heteroatoms. The lowest BCUT2D eigenvalue weighted by molar-refractivity contribution is 0.391. The van der Waals surface area contributed by atoms with Crippen LogP contribution in [0.5, 0.6) is 0 Å². The first-order valence-electron chi connectivity index (χ1n) is 8.35. The molecule has 0 amide bonds. The summed E-state index contributed by atoms with van der Waals surface area (Å²) < 4.78 is 17.5. The smallest absolute Gasteiger partial charge is 0.268 e. The first-order valence-corrected chi connectivity index (χ1v) is 9.16. The minimum atomic E-state index is 0.258. The van der Waals surface area contributed by atoms with Gasteiger partial charge in [0.2, 0.25) is 5.69 Å². The van der Waals surface area contributed by atoms with Gasteiger partial charge >= 0.3 is 0 Å². The number of oxazole rings is 2. The molecule has 0 saturated carbocycles. The molecule has 28 heavy (non-hydrogen) atoms. The van der Waals surface area contributed by atoms with Crippen molar-refractivity contribution in [3.05, 3.63) is 54.9 Å². The summed E-state index contributed by atoms with van der Waals surface area (Å²) in [4.78, 5) is 13.4. The summed E-state index contributed by atoms with van der Waals surface area (Å²) in [6.07, 6.45) is 2.96. The molecule has 0 aliphatic carbocycles. The Hall–Kier alpha value is -3.85. The number of fused-ring (bicyclic) bond motifs is 2. The van der Waals surface area contributed by atoms with Crippen LogP contribution in [-0.2, 0) is 0 Å². The highest BCUT2D eigenvalue weighted by molar-refractivity contribution is 7.21. The van der Waals surface area contributed by atoms with Crippen LogP contribution in [0.1, 0.15) is 0 Å². The first-order chi connectivity index (χ1) is 13.9. The fourth-order valence-electron chi connectivity index (χ4n) is 3.02. The summed E-state index contributed by atoms with van der Waals surface area (Å²) in [7, 11) is 0. The molecule has 0 atom stereocenters. The van der Waals surface area contributed by atoms with Crippen LogP contribution in [0.15, 0.2) is 68.3 Å². The summed E-state index contributed by atoms with van der Waals surface area (Å²) in [5.74, 6) is 0.796. The van der Waals surface area contributed by atoms with E-state index < -0.39 is 0 Å². The zero-order chi connectivity index (χ0) is 18.5. The SMILES string of the molecule is c1ccc2sc(-c3cccc4oc(-c5nnoc5-c5ncco5)nc34)nc2c1. The van der Waals surface area contributed by atoms with Crippen LogP contribution in [0, 0.1) is 0 Å². The van der Waals surface area contributed by atoms with E-state index in [4.69, 9.17) is 18.3 Å². The summed E-state index contributed by atoms with van der Waals surface area (Å²) >= 11 is 1.61. The van der Waals surface area contributed by atoms with Crippen molar-refractivity contribution in [1.29, 1.82) is 0 Å². The van der Waals surface area contributed by atoms with E-state index in [1.54, 1.807) is 11.3 Å². The summed E-state index contributed by atoms with van der Waals surface area (Å²) in [6, 6.07) is 13.8. The monoisotopic (exact) mass is 387 g/mol. The fraction of sp³-hybridized carbons (Fsp3) is 0. The normalized spacial score (nSPS) is 11.6. The van der Waals surface area contributed by atoms with Crippen molar-refractivity contribution < 1.29 is 13.4 Å². The quantitative estimate of drug-likeness (QED) is 0.426. The average Bonchev–Trinajstić information content (AvgIpc) is 3.52. The molecule has 8 nitrogen and oxygen atoms in total. The van der Waals surface area contributed by atoms with E-state index in [-0.39, 0.29) is 17.5 Å². The molecular formula is C19H9N5O3S. The third-order valence-corrected chi connectivity index (χ3v) is 5.33. The summed E-state index contributed by atoms with van der Waals surface area (Å²) in [5.41, 5.74) is 3.48. The summed E-state index contributed by atoms with van der Waals surface area (Å²) in [6.45, 7) is 0. The van der Waals surface area contributed by atoms with Gasteiger partial charge < -0.3 is 13.4 Å². The van der Waals surface area contributed by atoms with Gasteiger partial charge in [-0.25, -0.2) is 15.0 Å². The van der Waals surface area contributed by atoms with E-state index in [2.05, 4.69) is 26.4 Å². The maximum Gasteiger partial charge on any atom is 0.268 e. The van der Waals surface area contributed by atoms with Crippen LogP contribution in [-0.4, -0.2) is 25.3 Å². The molecule has 0 spiro atoms. The zero-order valence-electron chi connectivity index (χ0n) is 14.1. The van der Waals surface area contributed by atoms with Crippen LogP contribution >= 0.6 is 11.3 Å². The number of thiazole rings is 1. The Morgan fingerprint density at radius 3 is 2.79 bits per heavy atom. The average molecular weight is 387 g/mol. The van der Waals surface area contributed by atoms with E-state index in [1.807, 2.05) is 36.4 Å². The van der Waals surface area contributed by atoms with E-state index >= 15 is 0 Å². The van der Waals surface area contributed by atoms with E-state index in [1.165, 1.54) is 12.5 Å².